The number of β-amino-alcohol motifs (C(OH)–C–C–N with tert-alkyl or cyclic N) is 1. The fourth-order valence-corrected chi connectivity index (χ4v) is 2.83. The summed E-state index contributed by atoms with van der Waals surface area (Å²) in [7, 11) is 3.37. The van der Waals surface area contributed by atoms with E-state index in [2.05, 4.69) is 15.1 Å². The molecule has 0 bridgehead atoms. The predicted molar refractivity (Wildman–Crippen MR) is 92.9 cm³/mol. The maximum atomic E-state index is 12.2. The van der Waals surface area contributed by atoms with E-state index in [1.807, 2.05) is 12.1 Å². The van der Waals surface area contributed by atoms with Gasteiger partial charge in [-0.15, -0.1) is 0 Å². The van der Waals surface area contributed by atoms with E-state index in [0.717, 1.165) is 13.1 Å². The van der Waals surface area contributed by atoms with Crippen LogP contribution in [0.15, 0.2) is 18.2 Å². The molecule has 1 amide bonds. The molecule has 1 atom stereocenters. The van der Waals surface area contributed by atoms with Crippen LogP contribution in [0.1, 0.15) is 10.5 Å². The number of aliphatic hydroxyl groups excluding tert-OH is 1. The zero-order valence-electron chi connectivity index (χ0n) is 14.6. The molecule has 1 fully saturated rings. The van der Waals surface area contributed by atoms with Crippen LogP contribution in [0.3, 0.4) is 0 Å². The molecule has 1 aliphatic heterocycles. The second kappa shape index (κ2) is 7.81. The maximum absolute atomic E-state index is 12.2. The summed E-state index contributed by atoms with van der Waals surface area (Å²) >= 11 is 0. The lowest BCUT2D eigenvalue weighted by Gasteiger charge is -2.28. The molecule has 3 rings (SSSR count). The quantitative estimate of drug-likeness (QED) is 0.782. The van der Waals surface area contributed by atoms with Crippen molar-refractivity contribution in [3.63, 3.8) is 0 Å². The summed E-state index contributed by atoms with van der Waals surface area (Å²) in [5.74, 6) is 0.402. The average molecular weight is 348 g/mol. The van der Waals surface area contributed by atoms with Gasteiger partial charge in [0.2, 0.25) is 0 Å². The molecule has 136 valence electrons. The minimum Gasteiger partial charge on any atom is -0.489 e. The number of para-hydroxylation sites is 1. The smallest absolute Gasteiger partial charge is 0.274 e. The summed E-state index contributed by atoms with van der Waals surface area (Å²) in [5, 5.41) is 17.9. The number of hydrogen-bond acceptors (Lipinski definition) is 6. The third kappa shape index (κ3) is 4.09. The molecule has 0 radical (unpaired) electrons. The number of aromatic nitrogens is 2. The Hall–Kier alpha value is -2.16. The van der Waals surface area contributed by atoms with Gasteiger partial charge in [-0.1, -0.05) is 12.1 Å². The van der Waals surface area contributed by atoms with Crippen LogP contribution in [-0.2, 0) is 4.74 Å². The van der Waals surface area contributed by atoms with Crippen molar-refractivity contribution >= 4 is 16.8 Å². The number of nitrogens with one attached hydrogen (secondary N) is 1. The summed E-state index contributed by atoms with van der Waals surface area (Å²) in [6.45, 7) is 3.76. The molecule has 1 aromatic carbocycles. The molecule has 2 N–H and O–H groups in total. The van der Waals surface area contributed by atoms with Gasteiger partial charge in [0.15, 0.2) is 5.69 Å². The Labute approximate surface area is 146 Å². The van der Waals surface area contributed by atoms with Crippen LogP contribution >= 0.6 is 0 Å². The summed E-state index contributed by atoms with van der Waals surface area (Å²) in [5.41, 5.74) is 1.02. The van der Waals surface area contributed by atoms with Crippen LogP contribution in [-0.4, -0.2) is 90.7 Å². The lowest BCUT2D eigenvalue weighted by molar-refractivity contribution is 0.00478. The third-order valence-electron chi connectivity index (χ3n) is 4.17. The summed E-state index contributed by atoms with van der Waals surface area (Å²) in [6.07, 6.45) is -0.598. The van der Waals surface area contributed by atoms with Crippen molar-refractivity contribution in [1.82, 2.24) is 20.0 Å². The first-order chi connectivity index (χ1) is 12.1. The van der Waals surface area contributed by atoms with Crippen LogP contribution in [0, 0.1) is 0 Å². The van der Waals surface area contributed by atoms with Crippen molar-refractivity contribution in [3.05, 3.63) is 23.9 Å². The number of aliphatic hydroxyl groups is 1. The number of carbonyl (C=O) groups excluding carboxylic acids is 1. The number of amides is 1. The van der Waals surface area contributed by atoms with Crippen LogP contribution < -0.4 is 4.74 Å². The number of ether oxygens (including phenoxy) is 2. The molecular weight excluding hydrogens is 324 g/mol. The maximum Gasteiger partial charge on any atom is 0.274 e. The van der Waals surface area contributed by atoms with E-state index in [4.69, 9.17) is 9.47 Å². The van der Waals surface area contributed by atoms with Gasteiger partial charge in [-0.25, -0.2) is 0 Å². The summed E-state index contributed by atoms with van der Waals surface area (Å²) in [6, 6.07) is 5.44. The van der Waals surface area contributed by atoms with Crippen molar-refractivity contribution in [1.29, 1.82) is 0 Å². The number of rotatable bonds is 6. The highest BCUT2D eigenvalue weighted by Crippen LogP contribution is 2.26. The second-order valence-corrected chi connectivity index (χ2v) is 6.33. The monoisotopic (exact) mass is 348 g/mol. The van der Waals surface area contributed by atoms with Crippen molar-refractivity contribution in [2.45, 2.75) is 6.10 Å². The molecule has 1 aliphatic rings. The minimum atomic E-state index is -0.598. The number of H-pyrrole nitrogens is 1. The lowest BCUT2D eigenvalue weighted by Crippen LogP contribution is -2.42. The highest BCUT2D eigenvalue weighted by atomic mass is 16.5. The highest BCUT2D eigenvalue weighted by molar-refractivity contribution is 6.05. The molecule has 1 saturated heterocycles. The first kappa shape index (κ1) is 17.7. The Bertz CT molecular complexity index is 725. The Morgan fingerprint density at radius 2 is 2.20 bits per heavy atom. The van der Waals surface area contributed by atoms with E-state index >= 15 is 0 Å². The van der Waals surface area contributed by atoms with Crippen molar-refractivity contribution < 1.29 is 19.4 Å². The van der Waals surface area contributed by atoms with E-state index in [1.165, 1.54) is 4.90 Å². The van der Waals surface area contributed by atoms with Gasteiger partial charge < -0.3 is 19.5 Å². The van der Waals surface area contributed by atoms with Gasteiger partial charge in [0.1, 0.15) is 24.0 Å². The molecule has 8 nitrogen and oxygen atoms in total. The molecule has 1 aromatic heterocycles. The predicted octanol–water partition coefficient (Wildman–Crippen LogP) is 0.337. The SMILES string of the molecule is CN(C)C(=O)c1n[nH]c2c(OCC(O)CN3CCOCC3)cccc12. The number of hydrogen-bond donors (Lipinski definition) is 2. The molecule has 25 heavy (non-hydrogen) atoms. The van der Waals surface area contributed by atoms with Crippen LogP contribution in [0.25, 0.3) is 10.9 Å². The molecule has 1 unspecified atom stereocenters. The van der Waals surface area contributed by atoms with E-state index in [9.17, 15) is 9.90 Å². The molecule has 0 aliphatic carbocycles. The zero-order valence-corrected chi connectivity index (χ0v) is 14.6. The van der Waals surface area contributed by atoms with Gasteiger partial charge >= 0.3 is 0 Å². The Morgan fingerprint density at radius 1 is 1.44 bits per heavy atom. The van der Waals surface area contributed by atoms with Gasteiger partial charge in [-0.2, -0.15) is 5.10 Å². The number of carbonyl (C=O) groups is 1. The molecular formula is C17H24N4O4. The number of fused-ring (bicyclic) bond motifs is 1. The first-order valence-electron chi connectivity index (χ1n) is 8.36. The van der Waals surface area contributed by atoms with Gasteiger partial charge in [0, 0.05) is 39.1 Å². The first-order valence-corrected chi connectivity index (χ1v) is 8.36. The average Bonchev–Trinajstić information content (AvgIpc) is 3.04. The Balaban J connectivity index is 1.66. The summed E-state index contributed by atoms with van der Waals surface area (Å²) in [4.78, 5) is 15.8. The molecule has 8 heteroatoms. The number of nitrogens with zero attached hydrogens (tertiary/aromatic N) is 3. The van der Waals surface area contributed by atoms with E-state index in [-0.39, 0.29) is 12.5 Å². The molecule has 2 aromatic rings. The topological polar surface area (TPSA) is 90.9 Å². The zero-order chi connectivity index (χ0) is 17.8. The van der Waals surface area contributed by atoms with Gasteiger partial charge in [0.05, 0.1) is 13.2 Å². The fourth-order valence-electron chi connectivity index (χ4n) is 2.83. The van der Waals surface area contributed by atoms with Crippen LogP contribution in [0.2, 0.25) is 0 Å². The minimum absolute atomic E-state index is 0.171. The number of morpholine rings is 1. The number of aromatic amines is 1. The third-order valence-corrected chi connectivity index (χ3v) is 4.17. The van der Waals surface area contributed by atoms with Crippen LogP contribution in [0.5, 0.6) is 5.75 Å². The van der Waals surface area contributed by atoms with Crippen molar-refractivity contribution in [2.24, 2.45) is 0 Å². The lowest BCUT2D eigenvalue weighted by atomic mass is 10.2. The molecule has 0 saturated carbocycles. The molecule has 2 heterocycles. The Kier molecular flexibility index (Phi) is 5.52. The number of benzene rings is 1. The van der Waals surface area contributed by atoms with Crippen molar-refractivity contribution in [3.8, 4) is 5.75 Å². The second-order valence-electron chi connectivity index (χ2n) is 6.33. The Morgan fingerprint density at radius 3 is 2.92 bits per heavy atom. The summed E-state index contributed by atoms with van der Waals surface area (Å²) < 4.78 is 11.1. The van der Waals surface area contributed by atoms with Gasteiger partial charge in [-0.3, -0.25) is 14.8 Å². The highest BCUT2D eigenvalue weighted by Gasteiger charge is 2.19. The molecule has 0 spiro atoms. The normalized spacial score (nSPS) is 16.8. The van der Waals surface area contributed by atoms with Gasteiger partial charge in [-0.05, 0) is 6.07 Å². The van der Waals surface area contributed by atoms with E-state index < -0.39 is 6.10 Å². The standard InChI is InChI=1S/C17H24N4O4/c1-20(2)17(23)16-13-4-3-5-14(15(13)18-19-16)25-11-12(22)10-21-6-8-24-9-7-21/h3-5,12,22H,6-11H2,1-2H3,(H,18,19). The fraction of sp³-hybridized carbons (Fsp3) is 0.529. The van der Waals surface area contributed by atoms with E-state index in [0.29, 0.717) is 42.1 Å². The van der Waals surface area contributed by atoms with Crippen LogP contribution in [0.4, 0.5) is 0 Å². The van der Waals surface area contributed by atoms with Crippen molar-refractivity contribution in [2.75, 3.05) is 53.6 Å². The largest absolute Gasteiger partial charge is 0.489 e. The van der Waals surface area contributed by atoms with E-state index in [1.54, 1.807) is 20.2 Å². The van der Waals surface area contributed by atoms with Gasteiger partial charge in [0.25, 0.3) is 5.91 Å².